The van der Waals surface area contributed by atoms with Crippen molar-refractivity contribution in [1.29, 1.82) is 0 Å². The fraction of sp³-hybridized carbons (Fsp3) is 0.385. The summed E-state index contributed by atoms with van der Waals surface area (Å²) in [6.07, 6.45) is 2.24. The van der Waals surface area contributed by atoms with Gasteiger partial charge in [0.25, 0.3) is 11.6 Å². The van der Waals surface area contributed by atoms with Crippen LogP contribution < -0.4 is 14.8 Å². The lowest BCUT2D eigenvalue weighted by atomic mass is 10.2. The molecule has 3 aromatic rings. The fourth-order valence-corrected chi connectivity index (χ4v) is 5.55. The molecule has 2 heterocycles. The smallest absolute Gasteiger partial charge is 0.272 e. The molecule has 4 rings (SSSR count). The molecule has 1 amide bonds. The Morgan fingerprint density at radius 3 is 2.67 bits per heavy atom. The molecule has 208 valence electrons. The second-order valence-electron chi connectivity index (χ2n) is 9.29. The lowest BCUT2D eigenvalue weighted by molar-refractivity contribution is -0.385. The Bertz CT molecular complexity index is 1450. The molecule has 2 N–H and O–H groups in total. The highest BCUT2D eigenvalue weighted by Crippen LogP contribution is 2.35. The molecule has 0 bridgehead atoms. The van der Waals surface area contributed by atoms with Crippen LogP contribution in [0, 0.1) is 17.0 Å². The first-order valence-corrected chi connectivity index (χ1v) is 14.1. The second kappa shape index (κ2) is 11.9. The van der Waals surface area contributed by atoms with E-state index in [1.54, 1.807) is 38.1 Å². The van der Waals surface area contributed by atoms with Crippen LogP contribution >= 0.6 is 0 Å². The van der Waals surface area contributed by atoms with Gasteiger partial charge < -0.3 is 14.8 Å². The molecule has 2 aromatic carbocycles. The number of benzene rings is 2. The number of aromatic nitrogens is 2. The van der Waals surface area contributed by atoms with Crippen molar-refractivity contribution in [3.05, 3.63) is 69.9 Å². The van der Waals surface area contributed by atoms with Crippen molar-refractivity contribution in [1.82, 2.24) is 19.8 Å². The van der Waals surface area contributed by atoms with E-state index in [0.29, 0.717) is 30.8 Å². The van der Waals surface area contributed by atoms with Crippen molar-refractivity contribution in [3.8, 4) is 17.3 Å². The average molecular weight is 558 g/mol. The monoisotopic (exact) mass is 557 g/mol. The molecule has 1 aromatic heterocycles. The highest BCUT2D eigenvalue weighted by Gasteiger charge is 2.29. The van der Waals surface area contributed by atoms with Gasteiger partial charge in [-0.1, -0.05) is 25.1 Å². The Hall–Kier alpha value is -3.81. The minimum Gasteiger partial charge on any atom is -0.437 e. The third kappa shape index (κ3) is 6.44. The van der Waals surface area contributed by atoms with Crippen LogP contribution in [0.25, 0.3) is 5.69 Å². The van der Waals surface area contributed by atoms with Gasteiger partial charge in [0.1, 0.15) is 10.6 Å². The van der Waals surface area contributed by atoms with Gasteiger partial charge in [-0.05, 0) is 51.3 Å². The SMILES string of the molecule is CC[C@H](C)NS(=O)(=O)c1cc([N+](=O)[O-])ccc1Oc1c(C)c(C(=O)NC[C@H]2CCCO2)nn1-c1ccccc1. The van der Waals surface area contributed by atoms with E-state index in [2.05, 4.69) is 15.1 Å². The number of sulfonamides is 1. The fourth-order valence-electron chi connectivity index (χ4n) is 4.08. The number of rotatable bonds is 11. The van der Waals surface area contributed by atoms with Crippen molar-refractivity contribution >= 4 is 21.6 Å². The first-order chi connectivity index (χ1) is 18.6. The molecule has 1 fully saturated rings. The van der Waals surface area contributed by atoms with E-state index in [1.807, 2.05) is 13.0 Å². The van der Waals surface area contributed by atoms with Gasteiger partial charge in [-0.3, -0.25) is 14.9 Å². The molecule has 12 nitrogen and oxygen atoms in total. The summed E-state index contributed by atoms with van der Waals surface area (Å²) in [7, 11) is -4.20. The third-order valence-electron chi connectivity index (χ3n) is 6.40. The number of non-ortho nitro benzene ring substituents is 1. The number of hydrogen-bond donors (Lipinski definition) is 2. The van der Waals surface area contributed by atoms with E-state index in [9.17, 15) is 23.3 Å². The summed E-state index contributed by atoms with van der Waals surface area (Å²) >= 11 is 0. The number of ether oxygens (including phenoxy) is 2. The number of carbonyl (C=O) groups excluding carboxylic acids is 1. The molecule has 13 heteroatoms. The molecule has 1 aliphatic heterocycles. The zero-order chi connectivity index (χ0) is 28.2. The van der Waals surface area contributed by atoms with E-state index >= 15 is 0 Å². The van der Waals surface area contributed by atoms with Crippen LogP contribution in [0.1, 0.15) is 49.2 Å². The van der Waals surface area contributed by atoms with Gasteiger partial charge in [-0.15, -0.1) is 0 Å². The lowest BCUT2D eigenvalue weighted by Crippen LogP contribution is -2.32. The van der Waals surface area contributed by atoms with Crippen molar-refractivity contribution in [2.45, 2.75) is 57.1 Å². The molecule has 0 saturated carbocycles. The van der Waals surface area contributed by atoms with Crippen LogP contribution in [0.4, 0.5) is 5.69 Å². The van der Waals surface area contributed by atoms with Gasteiger partial charge in [0.15, 0.2) is 5.69 Å². The summed E-state index contributed by atoms with van der Waals surface area (Å²) < 4.78 is 42.1. The highest BCUT2D eigenvalue weighted by atomic mass is 32.2. The molecule has 0 unspecified atom stereocenters. The summed E-state index contributed by atoms with van der Waals surface area (Å²) in [5.74, 6) is -0.488. The maximum atomic E-state index is 13.2. The molecular weight excluding hydrogens is 526 g/mol. The first kappa shape index (κ1) is 28.2. The van der Waals surface area contributed by atoms with Gasteiger partial charge in [0.05, 0.1) is 16.7 Å². The zero-order valence-electron chi connectivity index (χ0n) is 21.9. The molecule has 0 aliphatic carbocycles. The topological polar surface area (TPSA) is 155 Å². The minimum atomic E-state index is -4.20. The van der Waals surface area contributed by atoms with Gasteiger partial charge >= 0.3 is 0 Å². The number of hydrogen-bond acceptors (Lipinski definition) is 8. The number of nitro groups is 1. The molecular formula is C26H31N5O7S. The van der Waals surface area contributed by atoms with Crippen molar-refractivity contribution in [2.75, 3.05) is 13.2 Å². The largest absolute Gasteiger partial charge is 0.437 e. The van der Waals surface area contributed by atoms with Crippen molar-refractivity contribution in [3.63, 3.8) is 0 Å². The molecule has 1 saturated heterocycles. The molecule has 0 spiro atoms. The number of nitro benzene ring substituents is 1. The van der Waals surface area contributed by atoms with E-state index in [-0.39, 0.29) is 23.4 Å². The average Bonchev–Trinajstić information content (AvgIpc) is 3.56. The Kier molecular flexibility index (Phi) is 8.63. The summed E-state index contributed by atoms with van der Waals surface area (Å²) in [6, 6.07) is 11.8. The zero-order valence-corrected chi connectivity index (χ0v) is 22.7. The summed E-state index contributed by atoms with van der Waals surface area (Å²) in [4.78, 5) is 23.5. The number of carbonyl (C=O) groups is 1. The Labute approximate surface area is 226 Å². The molecule has 1 aliphatic rings. The van der Waals surface area contributed by atoms with Gasteiger partial charge in [-0.2, -0.15) is 9.78 Å². The Morgan fingerprint density at radius 2 is 2.03 bits per heavy atom. The van der Waals surface area contributed by atoms with E-state index < -0.39 is 37.5 Å². The first-order valence-electron chi connectivity index (χ1n) is 12.6. The number of nitrogens with zero attached hydrogens (tertiary/aromatic N) is 3. The minimum absolute atomic E-state index is 0.0629. The number of nitrogens with one attached hydrogen (secondary N) is 2. The Morgan fingerprint density at radius 1 is 1.28 bits per heavy atom. The highest BCUT2D eigenvalue weighted by molar-refractivity contribution is 7.89. The lowest BCUT2D eigenvalue weighted by Gasteiger charge is -2.16. The molecule has 39 heavy (non-hydrogen) atoms. The standard InChI is InChI=1S/C26H31N5O7S/c1-4-17(2)29-39(35,36)23-15-20(31(33)34)12-13-22(23)38-26-18(3)24(25(32)27-16-21-11-8-14-37-21)28-30(26)19-9-6-5-7-10-19/h5-7,9-10,12-13,15,17,21,29H,4,8,11,14,16H2,1-3H3,(H,27,32)/t17-,21+/m0/s1. The number of amides is 1. The molecule has 2 atom stereocenters. The van der Waals surface area contributed by atoms with Crippen LogP contribution in [0.3, 0.4) is 0 Å². The van der Waals surface area contributed by atoms with E-state index in [1.165, 1.54) is 10.7 Å². The third-order valence-corrected chi connectivity index (χ3v) is 8.01. The quantitative estimate of drug-likeness (QED) is 0.266. The predicted octanol–water partition coefficient (Wildman–Crippen LogP) is 3.87. The van der Waals surface area contributed by atoms with Gasteiger partial charge in [0.2, 0.25) is 15.9 Å². The Balaban J connectivity index is 1.77. The summed E-state index contributed by atoms with van der Waals surface area (Å²) in [6.45, 7) is 6.13. The van der Waals surface area contributed by atoms with Crippen LogP contribution in [0.15, 0.2) is 53.4 Å². The van der Waals surface area contributed by atoms with Crippen LogP contribution in [0.2, 0.25) is 0 Å². The van der Waals surface area contributed by atoms with Gasteiger partial charge in [0, 0.05) is 36.9 Å². The maximum absolute atomic E-state index is 13.2. The van der Waals surface area contributed by atoms with Crippen LogP contribution in [0.5, 0.6) is 11.6 Å². The number of para-hydroxylation sites is 1. The normalized spacial score (nSPS) is 16.1. The van der Waals surface area contributed by atoms with Crippen LogP contribution in [-0.4, -0.2) is 54.3 Å². The summed E-state index contributed by atoms with van der Waals surface area (Å²) in [5.41, 5.74) is 0.614. The molecule has 0 radical (unpaired) electrons. The van der Waals surface area contributed by atoms with Crippen molar-refractivity contribution in [2.24, 2.45) is 0 Å². The summed E-state index contributed by atoms with van der Waals surface area (Å²) in [5, 5.41) is 18.8. The van der Waals surface area contributed by atoms with Gasteiger partial charge in [-0.25, -0.2) is 13.1 Å². The predicted molar refractivity (Wildman–Crippen MR) is 143 cm³/mol. The second-order valence-corrected chi connectivity index (χ2v) is 11.0. The van der Waals surface area contributed by atoms with E-state index in [0.717, 1.165) is 25.0 Å². The van der Waals surface area contributed by atoms with Crippen LogP contribution in [-0.2, 0) is 14.8 Å². The van der Waals surface area contributed by atoms with Crippen molar-refractivity contribution < 1.29 is 27.6 Å². The van der Waals surface area contributed by atoms with E-state index in [4.69, 9.17) is 9.47 Å². The maximum Gasteiger partial charge on any atom is 0.272 e.